The summed E-state index contributed by atoms with van der Waals surface area (Å²) in [5.74, 6) is -0.286. The van der Waals surface area contributed by atoms with Crippen LogP contribution in [0.1, 0.15) is 37.0 Å². The molecule has 3 N–H and O–H groups in total. The van der Waals surface area contributed by atoms with Crippen molar-refractivity contribution in [2.45, 2.75) is 57.8 Å². The SMILES string of the molecule is CCOC(=O)C(CCc1ccccc1)NC(C)C(=O)N1Cc2ccccc2CC1C(=O)OCCSCCON(O)O. The molecule has 0 bridgehead atoms. The second-order valence-corrected chi connectivity index (χ2v) is 10.8. The Morgan fingerprint density at radius 1 is 1.02 bits per heavy atom. The number of carbonyl (C=O) groups is 3. The molecule has 0 saturated carbocycles. The van der Waals surface area contributed by atoms with Gasteiger partial charge in [0.1, 0.15) is 18.7 Å². The minimum absolute atomic E-state index is 0.0797. The Balaban J connectivity index is 1.65. The fourth-order valence-corrected chi connectivity index (χ4v) is 5.23. The Hall–Kier alpha value is -3.00. The molecule has 0 fully saturated rings. The minimum Gasteiger partial charge on any atom is -0.465 e. The third-order valence-electron chi connectivity index (χ3n) is 6.67. The number of ether oxygens (including phenoxy) is 2. The number of carbonyl (C=O) groups excluding carboxylic acids is 3. The van der Waals surface area contributed by atoms with E-state index in [4.69, 9.17) is 19.9 Å². The van der Waals surface area contributed by atoms with E-state index in [2.05, 4.69) is 10.2 Å². The van der Waals surface area contributed by atoms with Crippen LogP contribution in [0.5, 0.6) is 0 Å². The molecule has 0 radical (unpaired) electrons. The van der Waals surface area contributed by atoms with E-state index in [1.54, 1.807) is 13.8 Å². The first-order valence-corrected chi connectivity index (χ1v) is 14.8. The van der Waals surface area contributed by atoms with Gasteiger partial charge in [-0.05, 0) is 43.4 Å². The van der Waals surface area contributed by atoms with Gasteiger partial charge in [-0.3, -0.25) is 25.3 Å². The van der Waals surface area contributed by atoms with Gasteiger partial charge in [-0.2, -0.15) is 11.8 Å². The van der Waals surface area contributed by atoms with Crippen LogP contribution in [0, 0.1) is 0 Å². The lowest BCUT2D eigenvalue weighted by Gasteiger charge is -2.37. The summed E-state index contributed by atoms with van der Waals surface area (Å²) in [6.07, 6.45) is 1.41. The van der Waals surface area contributed by atoms with Gasteiger partial charge in [0.05, 0.1) is 24.6 Å². The summed E-state index contributed by atoms with van der Waals surface area (Å²) in [6.45, 7) is 4.12. The van der Waals surface area contributed by atoms with Crippen molar-refractivity contribution in [1.82, 2.24) is 15.6 Å². The molecule has 0 aliphatic carbocycles. The van der Waals surface area contributed by atoms with Crippen LogP contribution >= 0.6 is 11.8 Å². The first kappa shape index (κ1) is 32.5. The maximum atomic E-state index is 13.8. The second kappa shape index (κ2) is 17.1. The monoisotopic (exact) mass is 589 g/mol. The molecular formula is C29H39N3O8S. The molecule has 2 aromatic rings. The lowest BCUT2D eigenvalue weighted by atomic mass is 9.93. The normalized spacial score (nSPS) is 16.1. The zero-order valence-corrected chi connectivity index (χ0v) is 24.3. The number of hydrogen-bond acceptors (Lipinski definition) is 11. The van der Waals surface area contributed by atoms with Gasteiger partial charge in [-0.15, -0.1) is 0 Å². The van der Waals surface area contributed by atoms with Gasteiger partial charge in [-0.25, -0.2) is 9.63 Å². The van der Waals surface area contributed by atoms with Crippen LogP contribution in [-0.4, -0.2) is 88.0 Å². The summed E-state index contributed by atoms with van der Waals surface area (Å²) < 4.78 is 10.8. The molecule has 12 heteroatoms. The van der Waals surface area contributed by atoms with Crippen molar-refractivity contribution in [3.63, 3.8) is 0 Å². The van der Waals surface area contributed by atoms with E-state index in [1.807, 2.05) is 54.6 Å². The van der Waals surface area contributed by atoms with Crippen molar-refractivity contribution >= 4 is 29.6 Å². The van der Waals surface area contributed by atoms with E-state index in [9.17, 15) is 14.4 Å². The predicted molar refractivity (Wildman–Crippen MR) is 152 cm³/mol. The standard InChI is InChI=1S/C29H39N3O8S/c1-3-38-28(34)25(14-13-22-9-5-4-6-10-22)30-21(2)27(33)31-20-24-12-8-7-11-23(24)19-26(31)29(35)39-15-17-41-18-16-40-32(36)37/h4-12,21,25-26,30,36-37H,3,13-20H2,1-2H3. The summed E-state index contributed by atoms with van der Waals surface area (Å²) in [5, 5.41) is 19.9. The Labute approximate surface area is 244 Å². The number of rotatable bonds is 16. The largest absolute Gasteiger partial charge is 0.465 e. The van der Waals surface area contributed by atoms with Crippen LogP contribution in [0.15, 0.2) is 54.6 Å². The van der Waals surface area contributed by atoms with Crippen LogP contribution in [0.3, 0.4) is 0 Å². The van der Waals surface area contributed by atoms with E-state index < -0.39 is 30.1 Å². The molecule has 3 rings (SSSR count). The molecule has 2 aromatic carbocycles. The van der Waals surface area contributed by atoms with E-state index in [0.29, 0.717) is 30.8 Å². The molecule has 41 heavy (non-hydrogen) atoms. The van der Waals surface area contributed by atoms with Gasteiger partial charge in [0.25, 0.3) is 0 Å². The fourth-order valence-electron chi connectivity index (χ4n) is 4.63. The average Bonchev–Trinajstić information content (AvgIpc) is 2.97. The predicted octanol–water partition coefficient (Wildman–Crippen LogP) is 2.77. The smallest absolute Gasteiger partial charge is 0.329 e. The van der Waals surface area contributed by atoms with Gasteiger partial charge in [0, 0.05) is 24.5 Å². The number of aryl methyl sites for hydroxylation is 1. The van der Waals surface area contributed by atoms with E-state index >= 15 is 0 Å². The topological polar surface area (TPSA) is 138 Å². The van der Waals surface area contributed by atoms with Crippen LogP contribution in [0.2, 0.25) is 0 Å². The van der Waals surface area contributed by atoms with Gasteiger partial charge < -0.3 is 14.4 Å². The second-order valence-electron chi connectivity index (χ2n) is 9.54. The molecule has 1 heterocycles. The summed E-state index contributed by atoms with van der Waals surface area (Å²) in [4.78, 5) is 45.7. The number of fused-ring (bicyclic) bond motifs is 1. The molecule has 1 aliphatic rings. The van der Waals surface area contributed by atoms with E-state index in [0.717, 1.165) is 16.7 Å². The Kier molecular flexibility index (Phi) is 13.5. The number of amides is 1. The number of nitrogens with one attached hydrogen (secondary N) is 1. The summed E-state index contributed by atoms with van der Waals surface area (Å²) in [6, 6.07) is 15.2. The van der Waals surface area contributed by atoms with Gasteiger partial charge >= 0.3 is 11.9 Å². The Bertz CT molecular complexity index is 1120. The van der Waals surface area contributed by atoms with Gasteiger partial charge in [0.15, 0.2) is 0 Å². The highest BCUT2D eigenvalue weighted by Gasteiger charge is 2.38. The highest BCUT2D eigenvalue weighted by molar-refractivity contribution is 7.99. The Morgan fingerprint density at radius 2 is 1.71 bits per heavy atom. The molecule has 0 aromatic heterocycles. The third-order valence-corrected chi connectivity index (χ3v) is 7.58. The maximum Gasteiger partial charge on any atom is 0.329 e. The molecular weight excluding hydrogens is 550 g/mol. The third kappa shape index (κ3) is 10.4. The number of thioether (sulfide) groups is 1. The van der Waals surface area contributed by atoms with Gasteiger partial charge in [0.2, 0.25) is 5.91 Å². The quantitative estimate of drug-likeness (QED) is 0.151. The summed E-state index contributed by atoms with van der Waals surface area (Å²) >= 11 is 1.42. The molecule has 0 spiro atoms. The first-order chi connectivity index (χ1) is 19.8. The molecule has 1 aliphatic heterocycles. The fraction of sp³-hybridized carbons (Fsp3) is 0.483. The lowest BCUT2D eigenvalue weighted by molar-refractivity contribution is -0.490. The van der Waals surface area contributed by atoms with Crippen LogP contribution in [0.25, 0.3) is 0 Å². The number of esters is 2. The summed E-state index contributed by atoms with van der Waals surface area (Å²) in [7, 11) is 0. The zero-order chi connectivity index (χ0) is 29.6. The molecule has 3 unspecified atom stereocenters. The first-order valence-electron chi connectivity index (χ1n) is 13.7. The molecule has 3 atom stereocenters. The van der Waals surface area contributed by atoms with Crippen molar-refractivity contribution < 1.29 is 39.1 Å². The van der Waals surface area contributed by atoms with E-state index in [-0.39, 0.29) is 37.7 Å². The minimum atomic E-state index is -0.808. The van der Waals surface area contributed by atoms with E-state index in [1.165, 1.54) is 16.7 Å². The molecule has 1 amide bonds. The average molecular weight is 590 g/mol. The molecule has 224 valence electrons. The van der Waals surface area contributed by atoms with Crippen molar-refractivity contribution in [1.29, 1.82) is 0 Å². The highest BCUT2D eigenvalue weighted by atomic mass is 32.2. The van der Waals surface area contributed by atoms with Crippen LogP contribution < -0.4 is 5.32 Å². The van der Waals surface area contributed by atoms with Crippen molar-refractivity contribution in [3.8, 4) is 0 Å². The Morgan fingerprint density at radius 3 is 2.41 bits per heavy atom. The maximum absolute atomic E-state index is 13.8. The van der Waals surface area contributed by atoms with Crippen LogP contribution in [0.4, 0.5) is 0 Å². The van der Waals surface area contributed by atoms with Crippen molar-refractivity contribution in [3.05, 3.63) is 71.3 Å². The van der Waals surface area contributed by atoms with Gasteiger partial charge in [-0.1, -0.05) is 54.6 Å². The van der Waals surface area contributed by atoms with Crippen molar-refractivity contribution in [2.24, 2.45) is 0 Å². The van der Waals surface area contributed by atoms with Crippen LogP contribution in [-0.2, 0) is 48.1 Å². The molecule has 0 saturated heterocycles. The number of benzene rings is 2. The zero-order valence-electron chi connectivity index (χ0n) is 23.4. The van der Waals surface area contributed by atoms with Crippen molar-refractivity contribution in [2.75, 3.05) is 31.3 Å². The number of nitrogens with zero attached hydrogens (tertiary/aromatic N) is 2. The number of hydrogen-bond donors (Lipinski definition) is 3. The molecule has 11 nitrogen and oxygen atoms in total. The highest BCUT2D eigenvalue weighted by Crippen LogP contribution is 2.25. The lowest BCUT2D eigenvalue weighted by Crippen LogP contribution is -2.56. The summed E-state index contributed by atoms with van der Waals surface area (Å²) in [5.41, 5.74) is 3.02.